The van der Waals surface area contributed by atoms with Gasteiger partial charge in [0.25, 0.3) is 5.91 Å². The number of benzene rings is 3. The molecule has 1 unspecified atom stereocenters. The predicted molar refractivity (Wildman–Crippen MR) is 134 cm³/mol. The molecular formula is C25H30N4O3S. The molecule has 3 rings (SSSR count). The Balaban J connectivity index is 2.18. The predicted octanol–water partition coefficient (Wildman–Crippen LogP) is 5.83. The zero-order valence-electron chi connectivity index (χ0n) is 19.1. The highest BCUT2D eigenvalue weighted by Gasteiger charge is 2.24. The van der Waals surface area contributed by atoms with Gasteiger partial charge in [-0.3, -0.25) is 9.52 Å². The molecule has 33 heavy (non-hydrogen) atoms. The van der Waals surface area contributed by atoms with Gasteiger partial charge in [-0.25, -0.2) is 8.99 Å². The Morgan fingerprint density at radius 3 is 2.27 bits per heavy atom. The van der Waals surface area contributed by atoms with Crippen molar-refractivity contribution in [2.45, 2.75) is 24.7 Å². The molecule has 3 aromatic carbocycles. The maximum Gasteiger partial charge on any atom is 0.253 e. The molecule has 0 aliphatic rings. The van der Waals surface area contributed by atoms with Crippen molar-refractivity contribution in [3.63, 3.8) is 0 Å². The summed E-state index contributed by atoms with van der Waals surface area (Å²) >= 11 is 0. The highest BCUT2D eigenvalue weighted by atomic mass is 32.2. The van der Waals surface area contributed by atoms with E-state index in [2.05, 4.69) is 17.0 Å². The Labute approximate surface area is 195 Å². The Morgan fingerprint density at radius 1 is 1.03 bits per heavy atom. The van der Waals surface area contributed by atoms with E-state index in [1.165, 1.54) is 11.0 Å². The van der Waals surface area contributed by atoms with Gasteiger partial charge in [0.05, 0.1) is 5.69 Å². The number of carbonyl (C=O) groups is 1. The van der Waals surface area contributed by atoms with Gasteiger partial charge in [-0.05, 0) is 42.8 Å². The molecule has 3 N–H and O–H groups in total. The lowest BCUT2D eigenvalue weighted by Crippen LogP contribution is -2.23. The van der Waals surface area contributed by atoms with Gasteiger partial charge in [-0.1, -0.05) is 49.7 Å². The van der Waals surface area contributed by atoms with Crippen molar-refractivity contribution >= 4 is 27.2 Å². The van der Waals surface area contributed by atoms with Crippen LogP contribution < -0.4 is 14.8 Å². The fourth-order valence-electron chi connectivity index (χ4n) is 3.17. The third kappa shape index (κ3) is 6.26. The first-order valence-corrected chi connectivity index (χ1v) is 12.4. The molecule has 0 spiro atoms. The van der Waals surface area contributed by atoms with Crippen LogP contribution in [0.4, 0.5) is 11.4 Å². The summed E-state index contributed by atoms with van der Waals surface area (Å²) in [5.41, 5.74) is 1.38. The van der Waals surface area contributed by atoms with E-state index in [-0.39, 0.29) is 16.6 Å². The van der Waals surface area contributed by atoms with Crippen molar-refractivity contribution in [2.75, 3.05) is 30.7 Å². The molecule has 0 aliphatic carbocycles. The summed E-state index contributed by atoms with van der Waals surface area (Å²) in [5, 5.41) is 3.31. The fraction of sp³-hybridized carbons (Fsp3) is 0.240. The summed E-state index contributed by atoms with van der Waals surface area (Å²) in [6.45, 7) is 2.73. The number of nitrogens with one attached hydrogen (secondary N) is 3. The maximum atomic E-state index is 13.7. The molecule has 174 valence electrons. The minimum atomic E-state index is -3.58. The van der Waals surface area contributed by atoms with Crippen LogP contribution in [0.15, 0.2) is 77.7 Å². The van der Waals surface area contributed by atoms with Crippen molar-refractivity contribution < 1.29 is 13.7 Å². The lowest BCUT2D eigenvalue weighted by atomic mass is 10.1. The summed E-state index contributed by atoms with van der Waals surface area (Å²) in [6, 6.07) is 21.2. The van der Waals surface area contributed by atoms with Crippen molar-refractivity contribution in [3.05, 3.63) is 78.4 Å². The van der Waals surface area contributed by atoms with Crippen molar-refractivity contribution in [1.82, 2.24) is 4.90 Å². The zero-order valence-corrected chi connectivity index (χ0v) is 19.9. The van der Waals surface area contributed by atoms with Gasteiger partial charge >= 0.3 is 0 Å². The first-order valence-electron chi connectivity index (χ1n) is 10.8. The van der Waals surface area contributed by atoms with E-state index in [1.807, 2.05) is 24.3 Å². The third-order valence-corrected chi connectivity index (χ3v) is 6.31. The fourth-order valence-corrected chi connectivity index (χ4v) is 4.45. The van der Waals surface area contributed by atoms with Crippen LogP contribution in [0.2, 0.25) is 0 Å². The third-order valence-electron chi connectivity index (χ3n) is 4.86. The number of hydrogen-bond donors (Lipinski definition) is 3. The SMILES string of the molecule is CCCCNc1cc(C(=O)N(C)C)cc(S(=N)(=O)Nc2ccccc2)c1Oc1ccccc1. The van der Waals surface area contributed by atoms with E-state index in [1.54, 1.807) is 56.6 Å². The quantitative estimate of drug-likeness (QED) is 0.328. The molecule has 0 saturated heterocycles. The minimum absolute atomic E-state index is 0.0990. The van der Waals surface area contributed by atoms with Gasteiger partial charge in [0.1, 0.15) is 10.6 Å². The molecule has 3 aromatic rings. The number of amides is 1. The van der Waals surface area contributed by atoms with Crippen molar-refractivity contribution in [3.8, 4) is 11.5 Å². The number of para-hydroxylation sites is 2. The van der Waals surface area contributed by atoms with Gasteiger partial charge < -0.3 is 15.0 Å². The van der Waals surface area contributed by atoms with E-state index in [9.17, 15) is 9.00 Å². The lowest BCUT2D eigenvalue weighted by molar-refractivity contribution is 0.0827. The van der Waals surface area contributed by atoms with Crippen LogP contribution in [-0.4, -0.2) is 35.7 Å². The number of anilines is 2. The van der Waals surface area contributed by atoms with Gasteiger partial charge in [0, 0.05) is 31.9 Å². The van der Waals surface area contributed by atoms with E-state index >= 15 is 0 Å². The monoisotopic (exact) mass is 466 g/mol. The lowest BCUT2D eigenvalue weighted by Gasteiger charge is -2.21. The summed E-state index contributed by atoms with van der Waals surface area (Å²) in [5.74, 6) is 0.547. The topological polar surface area (TPSA) is 94.5 Å². The molecule has 8 heteroatoms. The van der Waals surface area contributed by atoms with E-state index in [4.69, 9.17) is 9.52 Å². The van der Waals surface area contributed by atoms with Crippen molar-refractivity contribution in [2.24, 2.45) is 0 Å². The molecule has 0 heterocycles. The van der Waals surface area contributed by atoms with Gasteiger partial charge in [-0.15, -0.1) is 0 Å². The molecule has 0 fully saturated rings. The molecule has 0 aliphatic heterocycles. The highest BCUT2D eigenvalue weighted by molar-refractivity contribution is 7.93. The van der Waals surface area contributed by atoms with Crippen LogP contribution in [0.25, 0.3) is 0 Å². The molecule has 1 amide bonds. The molecule has 0 aromatic heterocycles. The minimum Gasteiger partial charge on any atom is -0.454 e. The van der Waals surface area contributed by atoms with E-state index in [0.29, 0.717) is 29.2 Å². The molecule has 0 radical (unpaired) electrons. The average Bonchev–Trinajstić information content (AvgIpc) is 2.80. The molecule has 1 atom stereocenters. The first kappa shape index (κ1) is 24.1. The van der Waals surface area contributed by atoms with E-state index < -0.39 is 9.92 Å². The number of nitrogens with zero attached hydrogens (tertiary/aromatic N) is 1. The number of carbonyl (C=O) groups excluding carboxylic acids is 1. The van der Waals surface area contributed by atoms with Gasteiger partial charge in [0.15, 0.2) is 15.7 Å². The Kier molecular flexibility index (Phi) is 7.95. The second-order valence-corrected chi connectivity index (χ2v) is 9.53. The van der Waals surface area contributed by atoms with Crippen LogP contribution in [0.1, 0.15) is 30.1 Å². The Hall–Kier alpha value is -3.52. The standard InChI is InChI=1S/C25H30N4O3S/c1-4-5-16-27-22-17-19(25(30)29(2)3)18-23(24(22)32-21-14-10-7-11-15-21)33(26,31)28-20-12-8-6-9-13-20/h6-15,17-18,27H,4-5,16H2,1-3H3,(H2,26,28,31). The Bertz CT molecular complexity index is 1180. The van der Waals surface area contributed by atoms with Crippen molar-refractivity contribution in [1.29, 1.82) is 4.78 Å². The molecule has 0 saturated carbocycles. The summed E-state index contributed by atoms with van der Waals surface area (Å²) in [7, 11) is -0.278. The first-order chi connectivity index (χ1) is 15.8. The number of unbranched alkanes of at least 4 members (excludes halogenated alkanes) is 1. The zero-order chi connectivity index (χ0) is 23.8. The summed E-state index contributed by atoms with van der Waals surface area (Å²) in [4.78, 5) is 14.4. The summed E-state index contributed by atoms with van der Waals surface area (Å²) in [6.07, 6.45) is 1.89. The normalized spacial score (nSPS) is 12.5. The Morgan fingerprint density at radius 2 is 1.67 bits per heavy atom. The highest BCUT2D eigenvalue weighted by Crippen LogP contribution is 2.39. The van der Waals surface area contributed by atoms with Crippen LogP contribution in [0.3, 0.4) is 0 Å². The number of rotatable bonds is 10. The van der Waals surface area contributed by atoms with Crippen LogP contribution in [0, 0.1) is 4.78 Å². The number of ether oxygens (including phenoxy) is 1. The molecule has 0 bridgehead atoms. The van der Waals surface area contributed by atoms with Gasteiger partial charge in [-0.2, -0.15) is 0 Å². The van der Waals surface area contributed by atoms with Crippen LogP contribution in [0.5, 0.6) is 11.5 Å². The maximum absolute atomic E-state index is 13.7. The smallest absolute Gasteiger partial charge is 0.253 e. The summed E-state index contributed by atoms with van der Waals surface area (Å²) < 4.78 is 31.4. The second kappa shape index (κ2) is 10.9. The van der Waals surface area contributed by atoms with Crippen LogP contribution >= 0.6 is 0 Å². The molecule has 7 nitrogen and oxygen atoms in total. The van der Waals surface area contributed by atoms with E-state index in [0.717, 1.165) is 12.8 Å². The van der Waals surface area contributed by atoms with Gasteiger partial charge in [0.2, 0.25) is 0 Å². The van der Waals surface area contributed by atoms with Crippen LogP contribution in [-0.2, 0) is 9.92 Å². The largest absolute Gasteiger partial charge is 0.454 e. The number of hydrogen-bond acceptors (Lipinski definition) is 5. The molecular weight excluding hydrogens is 436 g/mol. The average molecular weight is 467 g/mol. The second-order valence-electron chi connectivity index (χ2n) is 7.77.